The van der Waals surface area contributed by atoms with Gasteiger partial charge in [0.05, 0.1) is 7.11 Å². The molecule has 4 fully saturated rings. The highest BCUT2D eigenvalue weighted by Gasteiger charge is 2.51. The first-order valence-electron chi connectivity index (χ1n) is 11.5. The third-order valence-electron chi connectivity index (χ3n) is 8.00. The van der Waals surface area contributed by atoms with Crippen LogP contribution in [0.3, 0.4) is 0 Å². The monoisotopic (exact) mass is 426 g/mol. The van der Waals surface area contributed by atoms with Gasteiger partial charge >= 0.3 is 12.0 Å². The molecule has 0 radical (unpaired) electrons. The summed E-state index contributed by atoms with van der Waals surface area (Å²) in [6.45, 7) is 0.613. The molecule has 1 aromatic rings. The number of benzene rings is 1. The van der Waals surface area contributed by atoms with Crippen LogP contribution < -0.4 is 15.5 Å². The number of amides is 3. The van der Waals surface area contributed by atoms with Crippen LogP contribution in [0.25, 0.3) is 0 Å². The molecule has 1 unspecified atom stereocenters. The van der Waals surface area contributed by atoms with Crippen LogP contribution in [0.5, 0.6) is 0 Å². The van der Waals surface area contributed by atoms with Gasteiger partial charge in [-0.15, -0.1) is 0 Å². The Bertz CT molecular complexity index is 863. The first kappa shape index (κ1) is 20.5. The summed E-state index contributed by atoms with van der Waals surface area (Å²) in [5.74, 6) is 1.49. The lowest BCUT2D eigenvalue weighted by Crippen LogP contribution is -3.17. The summed E-state index contributed by atoms with van der Waals surface area (Å²) in [4.78, 5) is 38.6. The predicted molar refractivity (Wildman–Crippen MR) is 113 cm³/mol. The molecule has 4 aliphatic carbocycles. The average molecular weight is 427 g/mol. The van der Waals surface area contributed by atoms with Gasteiger partial charge < -0.3 is 15.0 Å². The number of urea groups is 1. The van der Waals surface area contributed by atoms with Gasteiger partial charge in [-0.2, -0.15) is 0 Å². The van der Waals surface area contributed by atoms with Crippen LogP contribution >= 0.6 is 0 Å². The van der Waals surface area contributed by atoms with E-state index in [1.807, 2.05) is 24.3 Å². The van der Waals surface area contributed by atoms with E-state index in [0.29, 0.717) is 13.0 Å². The van der Waals surface area contributed by atoms with E-state index in [2.05, 4.69) is 10.6 Å². The van der Waals surface area contributed by atoms with E-state index in [1.165, 1.54) is 26.4 Å². The summed E-state index contributed by atoms with van der Waals surface area (Å²) in [5.41, 5.74) is 2.11. The Balaban J connectivity index is 1.21. The van der Waals surface area contributed by atoms with Crippen LogP contribution in [0, 0.1) is 17.8 Å². The Hall–Kier alpha value is -2.41. The average Bonchev–Trinajstić information content (AvgIpc) is 2.71. The topological polar surface area (TPSA) is 88.9 Å². The first-order valence-corrected chi connectivity index (χ1v) is 11.5. The van der Waals surface area contributed by atoms with Crippen molar-refractivity contribution in [1.29, 1.82) is 0 Å². The number of rotatable bonds is 4. The van der Waals surface area contributed by atoms with E-state index in [9.17, 15) is 14.4 Å². The van der Waals surface area contributed by atoms with E-state index >= 15 is 0 Å². The molecule has 4 saturated carbocycles. The predicted octanol–water partition coefficient (Wildman–Crippen LogP) is 0.964. The van der Waals surface area contributed by atoms with Crippen LogP contribution in [-0.2, 0) is 27.3 Å². The zero-order valence-electron chi connectivity index (χ0n) is 18.1. The molecule has 3 amide bonds. The lowest BCUT2D eigenvalue weighted by molar-refractivity contribution is -0.924. The summed E-state index contributed by atoms with van der Waals surface area (Å²) in [5, 5.41) is 5.72. The Kier molecular flexibility index (Phi) is 5.24. The molecule has 6 rings (SSSR count). The molecule has 5 aliphatic rings. The van der Waals surface area contributed by atoms with Gasteiger partial charge in [-0.1, -0.05) is 24.3 Å². The number of fused-ring (bicyclic) bond motifs is 1. The molecule has 7 heteroatoms. The molecule has 1 aromatic carbocycles. The van der Waals surface area contributed by atoms with E-state index < -0.39 is 12.1 Å². The van der Waals surface area contributed by atoms with Crippen LogP contribution in [0.15, 0.2) is 24.3 Å². The Labute approximate surface area is 182 Å². The molecular weight excluding hydrogens is 394 g/mol. The quantitative estimate of drug-likeness (QED) is 0.626. The van der Waals surface area contributed by atoms with Crippen molar-refractivity contribution in [3.63, 3.8) is 0 Å². The molecule has 2 atom stereocenters. The molecule has 31 heavy (non-hydrogen) atoms. The van der Waals surface area contributed by atoms with Crippen LogP contribution in [0.1, 0.15) is 49.7 Å². The van der Waals surface area contributed by atoms with Crippen LogP contribution in [0.4, 0.5) is 4.79 Å². The highest BCUT2D eigenvalue weighted by molar-refractivity contribution is 5.95. The van der Waals surface area contributed by atoms with Crippen molar-refractivity contribution in [1.82, 2.24) is 10.6 Å². The highest BCUT2D eigenvalue weighted by Crippen LogP contribution is 2.55. The summed E-state index contributed by atoms with van der Waals surface area (Å²) < 4.78 is 4.99. The minimum Gasteiger partial charge on any atom is -0.465 e. The maximum Gasteiger partial charge on any atom is 0.365 e. The summed E-state index contributed by atoms with van der Waals surface area (Å²) in [6.07, 6.45) is 7.56. The molecule has 0 spiro atoms. The van der Waals surface area contributed by atoms with Gasteiger partial charge in [0, 0.05) is 17.5 Å². The van der Waals surface area contributed by atoms with Gasteiger partial charge in [-0.05, 0) is 61.8 Å². The van der Waals surface area contributed by atoms with Crippen molar-refractivity contribution in [2.75, 3.05) is 13.7 Å². The van der Waals surface area contributed by atoms with Gasteiger partial charge in [-0.25, -0.2) is 9.59 Å². The summed E-state index contributed by atoms with van der Waals surface area (Å²) in [6, 6.07) is 7.13. The van der Waals surface area contributed by atoms with Crippen molar-refractivity contribution < 1.29 is 24.0 Å². The Morgan fingerprint density at radius 1 is 1.03 bits per heavy atom. The maximum atomic E-state index is 12.7. The van der Waals surface area contributed by atoms with Gasteiger partial charge in [0.1, 0.15) is 6.54 Å². The number of hydrogen-bond acceptors (Lipinski definition) is 4. The number of esters is 1. The molecule has 0 aromatic heterocycles. The molecule has 7 nitrogen and oxygen atoms in total. The van der Waals surface area contributed by atoms with Gasteiger partial charge in [0.15, 0.2) is 12.6 Å². The lowest BCUT2D eigenvalue weighted by Gasteiger charge is -2.56. The Morgan fingerprint density at radius 3 is 2.26 bits per heavy atom. The normalized spacial score (nSPS) is 35.2. The van der Waals surface area contributed by atoms with Crippen molar-refractivity contribution in [2.45, 2.75) is 63.1 Å². The number of quaternary nitrogens is 1. The smallest absolute Gasteiger partial charge is 0.365 e. The molecule has 166 valence electrons. The first-order chi connectivity index (χ1) is 14.9. The molecule has 1 heterocycles. The number of methoxy groups -OCH3 is 1. The highest BCUT2D eigenvalue weighted by atomic mass is 16.5. The number of nitrogens with one attached hydrogen (secondary N) is 3. The molecule has 1 aliphatic heterocycles. The fraction of sp³-hybridized carbons (Fsp3) is 0.625. The number of carbonyl (C=O) groups excluding carboxylic acids is 3. The van der Waals surface area contributed by atoms with Crippen molar-refractivity contribution in [2.24, 2.45) is 17.8 Å². The largest absolute Gasteiger partial charge is 0.465 e. The zero-order valence-corrected chi connectivity index (χ0v) is 18.1. The molecule has 3 N–H and O–H groups in total. The molecule has 4 bridgehead atoms. The number of hydrogen-bond donors (Lipinski definition) is 3. The number of ether oxygens (including phenoxy) is 1. The second-order valence-electron chi connectivity index (χ2n) is 10.3. The standard InChI is InChI=1S/C24H31N3O4/c1-31-22(29)20-9-18-4-2-3-5-19(18)13-27(20)14-21(28)25-23(30)26-24-10-15-6-16(11-24)8-17(7-15)12-24/h2-5,15-17,20H,6-14H2,1H3,(H2,25,26,28,30)/p+1/t15?,16?,17?,20-,24?/m1/s1. The van der Waals surface area contributed by atoms with Gasteiger partial charge in [-0.3, -0.25) is 10.1 Å². The third-order valence-corrected chi connectivity index (χ3v) is 8.00. The fourth-order valence-electron chi connectivity index (χ4n) is 7.15. The van der Waals surface area contributed by atoms with Crippen molar-refractivity contribution >= 4 is 17.9 Å². The Morgan fingerprint density at radius 2 is 1.65 bits per heavy atom. The second kappa shape index (κ2) is 7.93. The van der Waals surface area contributed by atoms with Crippen molar-refractivity contribution in [3.8, 4) is 0 Å². The lowest BCUT2D eigenvalue weighted by atomic mass is 9.53. The van der Waals surface area contributed by atoms with Gasteiger partial charge in [0.2, 0.25) is 0 Å². The summed E-state index contributed by atoms with van der Waals surface area (Å²) in [7, 11) is 1.37. The molecular formula is C24H32N3O4+. The van der Waals surface area contributed by atoms with Crippen LogP contribution in [-0.4, -0.2) is 43.1 Å². The van der Waals surface area contributed by atoms with E-state index in [1.54, 1.807) is 0 Å². The zero-order chi connectivity index (χ0) is 21.6. The number of carbonyl (C=O) groups is 3. The minimum atomic E-state index is -0.447. The minimum absolute atomic E-state index is 0.0579. The fourth-order valence-corrected chi connectivity index (χ4v) is 7.15. The number of imide groups is 1. The van der Waals surface area contributed by atoms with E-state index in [0.717, 1.165) is 53.0 Å². The van der Waals surface area contributed by atoms with E-state index in [4.69, 9.17) is 4.74 Å². The van der Waals surface area contributed by atoms with Gasteiger partial charge in [0.25, 0.3) is 5.91 Å². The second-order valence-corrected chi connectivity index (χ2v) is 10.3. The summed E-state index contributed by atoms with van der Waals surface area (Å²) >= 11 is 0. The molecule has 0 saturated heterocycles. The maximum absolute atomic E-state index is 12.7. The third kappa shape index (κ3) is 4.07. The SMILES string of the molecule is COC(=O)[C@H]1Cc2ccccc2C[NH+]1CC(=O)NC(=O)NC12CC3CC(CC(C3)C1)C2. The van der Waals surface area contributed by atoms with Crippen molar-refractivity contribution in [3.05, 3.63) is 35.4 Å². The van der Waals surface area contributed by atoms with Crippen LogP contribution in [0.2, 0.25) is 0 Å². The van der Waals surface area contributed by atoms with E-state index in [-0.39, 0.29) is 24.0 Å².